The Kier molecular flexibility index (Phi) is 2.76. The Bertz CT molecular complexity index is 670. The highest BCUT2D eigenvalue weighted by Gasteiger charge is 2.41. The lowest BCUT2D eigenvalue weighted by molar-refractivity contribution is -0.867. The molecule has 1 unspecified atom stereocenters. The Morgan fingerprint density at radius 1 is 1.00 bits per heavy atom. The van der Waals surface area contributed by atoms with Crippen molar-refractivity contribution in [2.75, 3.05) is 20.1 Å². The molecular formula is C17H17ClNO+. The quantitative estimate of drug-likeness (QED) is 0.786. The second-order valence-corrected chi connectivity index (χ2v) is 6.34. The summed E-state index contributed by atoms with van der Waals surface area (Å²) < 4.78 is 6.16. The zero-order valence-electron chi connectivity index (χ0n) is 11.4. The van der Waals surface area contributed by atoms with E-state index in [0.29, 0.717) is 11.8 Å². The molecule has 0 aromatic heterocycles. The predicted octanol–water partition coefficient (Wildman–Crippen LogP) is 2.84. The van der Waals surface area contributed by atoms with Crippen LogP contribution in [0.3, 0.4) is 0 Å². The van der Waals surface area contributed by atoms with E-state index >= 15 is 0 Å². The van der Waals surface area contributed by atoms with Gasteiger partial charge in [-0.15, -0.1) is 0 Å². The van der Waals surface area contributed by atoms with E-state index in [9.17, 15) is 0 Å². The smallest absolute Gasteiger partial charge is 0.131 e. The maximum atomic E-state index is 6.21. The third-order valence-electron chi connectivity index (χ3n) is 4.53. The number of hydrogen-bond donors (Lipinski definition) is 1. The first-order valence-corrected chi connectivity index (χ1v) is 7.47. The van der Waals surface area contributed by atoms with E-state index in [1.165, 1.54) is 11.1 Å². The summed E-state index contributed by atoms with van der Waals surface area (Å²) in [5.41, 5.74) is 2.59. The van der Waals surface area contributed by atoms with Crippen LogP contribution in [-0.2, 0) is 0 Å². The summed E-state index contributed by atoms with van der Waals surface area (Å²) >= 11 is 6.21. The number of likely N-dealkylation sites (tertiary alicyclic amines) is 1. The lowest BCUT2D eigenvalue weighted by Crippen LogP contribution is -3.07. The fourth-order valence-corrected chi connectivity index (χ4v) is 3.85. The Hall–Kier alpha value is -1.51. The van der Waals surface area contributed by atoms with E-state index in [4.69, 9.17) is 16.3 Å². The van der Waals surface area contributed by atoms with Gasteiger partial charge in [0.15, 0.2) is 0 Å². The van der Waals surface area contributed by atoms with Gasteiger partial charge in [0.2, 0.25) is 0 Å². The summed E-state index contributed by atoms with van der Waals surface area (Å²) in [5, 5.41) is 0.793. The van der Waals surface area contributed by atoms with Gasteiger partial charge in [0.25, 0.3) is 0 Å². The van der Waals surface area contributed by atoms with Gasteiger partial charge in [-0.25, -0.2) is 0 Å². The number of rotatable bonds is 0. The molecule has 1 N–H and O–H groups in total. The highest BCUT2D eigenvalue weighted by molar-refractivity contribution is 6.30. The van der Waals surface area contributed by atoms with Crippen LogP contribution in [0.1, 0.15) is 23.0 Å². The molecule has 0 amide bonds. The number of quaternary nitrogens is 1. The van der Waals surface area contributed by atoms with Gasteiger partial charge in [-0.3, -0.25) is 0 Å². The third-order valence-corrected chi connectivity index (χ3v) is 4.77. The van der Waals surface area contributed by atoms with Crippen molar-refractivity contribution in [1.29, 1.82) is 0 Å². The molecule has 0 aliphatic carbocycles. The first kappa shape index (κ1) is 12.2. The van der Waals surface area contributed by atoms with Gasteiger partial charge in [0.05, 0.1) is 20.1 Å². The monoisotopic (exact) mass is 286 g/mol. The van der Waals surface area contributed by atoms with E-state index in [1.807, 2.05) is 18.2 Å². The summed E-state index contributed by atoms with van der Waals surface area (Å²) in [6, 6.07) is 14.4. The Labute approximate surface area is 123 Å². The van der Waals surface area contributed by atoms with Gasteiger partial charge in [-0.2, -0.15) is 0 Å². The lowest BCUT2D eigenvalue weighted by atomic mass is 9.84. The number of hydrogen-bond acceptors (Lipinski definition) is 1. The minimum absolute atomic E-state index is 0.493. The number of halogens is 1. The number of benzene rings is 2. The van der Waals surface area contributed by atoms with E-state index in [0.717, 1.165) is 29.6 Å². The Morgan fingerprint density at radius 2 is 1.70 bits per heavy atom. The summed E-state index contributed by atoms with van der Waals surface area (Å²) in [6.45, 7) is 2.28. The van der Waals surface area contributed by atoms with Crippen molar-refractivity contribution in [2.24, 2.45) is 0 Å². The van der Waals surface area contributed by atoms with Crippen LogP contribution in [-0.4, -0.2) is 20.1 Å². The molecule has 2 aromatic rings. The highest BCUT2D eigenvalue weighted by atomic mass is 35.5. The molecule has 3 heteroatoms. The molecule has 2 aromatic carbocycles. The maximum Gasteiger partial charge on any atom is 0.131 e. The van der Waals surface area contributed by atoms with E-state index in [1.54, 1.807) is 4.90 Å². The largest absolute Gasteiger partial charge is 0.457 e. The first-order valence-electron chi connectivity index (χ1n) is 7.10. The number of ether oxygens (including phenoxy) is 1. The van der Waals surface area contributed by atoms with Crippen LogP contribution < -0.4 is 9.64 Å². The molecule has 20 heavy (non-hydrogen) atoms. The minimum atomic E-state index is 0.493. The second-order valence-electron chi connectivity index (χ2n) is 5.90. The van der Waals surface area contributed by atoms with Gasteiger partial charge in [0, 0.05) is 28.0 Å². The van der Waals surface area contributed by atoms with Crippen molar-refractivity contribution in [3.63, 3.8) is 0 Å². The molecule has 1 saturated heterocycles. The first-order chi connectivity index (χ1) is 9.72. The summed E-state index contributed by atoms with van der Waals surface area (Å²) in [6.07, 6.45) is 0. The topological polar surface area (TPSA) is 13.7 Å². The molecule has 102 valence electrons. The van der Waals surface area contributed by atoms with Gasteiger partial charge >= 0.3 is 0 Å². The molecule has 4 rings (SSSR count). The SMILES string of the molecule is C[NH+]1C[C@H]2c3ccccc3Oc3ccc(Cl)cc3[C@@H]2C1. The molecule has 2 aliphatic heterocycles. The van der Waals surface area contributed by atoms with Crippen LogP contribution in [0.2, 0.25) is 5.02 Å². The molecule has 1 fully saturated rings. The van der Waals surface area contributed by atoms with E-state index in [2.05, 4.69) is 31.3 Å². The van der Waals surface area contributed by atoms with Gasteiger partial charge in [-0.1, -0.05) is 29.8 Å². The number of likely N-dealkylation sites (N-methyl/N-ethyl adjacent to an activating group) is 1. The number of fused-ring (bicyclic) bond motifs is 5. The van der Waals surface area contributed by atoms with Crippen LogP contribution in [0.5, 0.6) is 11.5 Å². The predicted molar refractivity (Wildman–Crippen MR) is 80.1 cm³/mol. The van der Waals surface area contributed by atoms with E-state index < -0.39 is 0 Å². The fraction of sp³-hybridized carbons (Fsp3) is 0.294. The molecule has 0 radical (unpaired) electrons. The van der Waals surface area contributed by atoms with Crippen LogP contribution in [0, 0.1) is 0 Å². The normalized spacial score (nSPS) is 27.0. The molecule has 3 atom stereocenters. The average molecular weight is 287 g/mol. The molecule has 2 heterocycles. The van der Waals surface area contributed by atoms with Crippen molar-refractivity contribution in [2.45, 2.75) is 11.8 Å². The highest BCUT2D eigenvalue weighted by Crippen LogP contribution is 2.47. The van der Waals surface area contributed by atoms with Crippen LogP contribution >= 0.6 is 11.6 Å². The zero-order chi connectivity index (χ0) is 13.7. The van der Waals surface area contributed by atoms with Gasteiger partial charge in [0.1, 0.15) is 11.5 Å². The molecule has 0 bridgehead atoms. The van der Waals surface area contributed by atoms with Crippen molar-refractivity contribution in [1.82, 2.24) is 0 Å². The molecule has 0 saturated carbocycles. The summed E-state index contributed by atoms with van der Waals surface area (Å²) in [5.74, 6) is 2.97. The third kappa shape index (κ3) is 1.83. The van der Waals surface area contributed by atoms with Crippen LogP contribution in [0.4, 0.5) is 0 Å². The van der Waals surface area contributed by atoms with Gasteiger partial charge < -0.3 is 9.64 Å². The van der Waals surface area contributed by atoms with Crippen molar-refractivity contribution in [3.05, 3.63) is 58.6 Å². The zero-order valence-corrected chi connectivity index (χ0v) is 12.2. The van der Waals surface area contributed by atoms with Crippen LogP contribution in [0.25, 0.3) is 0 Å². The molecular weight excluding hydrogens is 270 g/mol. The molecule has 2 aliphatic rings. The Morgan fingerprint density at radius 3 is 2.55 bits per heavy atom. The van der Waals surface area contributed by atoms with E-state index in [-0.39, 0.29) is 0 Å². The molecule has 0 spiro atoms. The number of para-hydroxylation sites is 1. The maximum absolute atomic E-state index is 6.21. The Balaban J connectivity index is 1.93. The second kappa shape index (κ2) is 4.51. The van der Waals surface area contributed by atoms with Crippen LogP contribution in [0.15, 0.2) is 42.5 Å². The van der Waals surface area contributed by atoms with Crippen molar-refractivity contribution < 1.29 is 9.64 Å². The molecule has 2 nitrogen and oxygen atoms in total. The standard InChI is InChI=1S/C17H16ClNO/c1-19-9-14-12-4-2-3-5-16(12)20-17-7-6-11(18)8-13(17)15(14)10-19/h2-8,14-15H,9-10H2,1H3/p+1/t14-,15-/m0/s1. The lowest BCUT2D eigenvalue weighted by Gasteiger charge is -2.14. The summed E-state index contributed by atoms with van der Waals surface area (Å²) in [4.78, 5) is 1.57. The van der Waals surface area contributed by atoms with Crippen molar-refractivity contribution >= 4 is 11.6 Å². The number of nitrogens with one attached hydrogen (secondary N) is 1. The average Bonchev–Trinajstić information content (AvgIpc) is 2.78. The summed E-state index contributed by atoms with van der Waals surface area (Å²) in [7, 11) is 2.27. The van der Waals surface area contributed by atoms with Crippen molar-refractivity contribution in [3.8, 4) is 11.5 Å². The fourth-order valence-electron chi connectivity index (χ4n) is 3.67. The van der Waals surface area contributed by atoms with Gasteiger partial charge in [-0.05, 0) is 24.3 Å². The minimum Gasteiger partial charge on any atom is -0.457 e.